The van der Waals surface area contributed by atoms with Gasteiger partial charge in [-0.1, -0.05) is 195 Å². The van der Waals surface area contributed by atoms with Crippen molar-refractivity contribution in [3.63, 3.8) is 0 Å². The van der Waals surface area contributed by atoms with Crippen LogP contribution in [0.4, 0.5) is 0 Å². The van der Waals surface area contributed by atoms with E-state index in [1.165, 1.54) is 71.2 Å². The van der Waals surface area contributed by atoms with E-state index >= 15 is 0 Å². The molecule has 0 unspecified atom stereocenters. The molecule has 1 aliphatic heterocycles. The summed E-state index contributed by atoms with van der Waals surface area (Å²) < 4.78 is 2.43. The van der Waals surface area contributed by atoms with Crippen molar-refractivity contribution < 1.29 is 0 Å². The molecule has 0 atom stereocenters. The van der Waals surface area contributed by atoms with Crippen LogP contribution in [0.15, 0.2) is 224 Å². The second-order valence-corrected chi connectivity index (χ2v) is 21.7. The van der Waals surface area contributed by atoms with E-state index in [1.54, 1.807) is 0 Å². The average Bonchev–Trinajstić information content (AvgIpc) is 3.82. The third-order valence-electron chi connectivity index (χ3n) is 13.2. The molecule has 0 amide bonds. The van der Waals surface area contributed by atoms with Gasteiger partial charge in [0.1, 0.15) is 8.07 Å². The van der Waals surface area contributed by atoms with Crippen molar-refractivity contribution in [2.45, 2.75) is 13.1 Å². The van der Waals surface area contributed by atoms with Crippen LogP contribution >= 0.6 is 0 Å². The fourth-order valence-electron chi connectivity index (χ4n) is 10.1. The first-order chi connectivity index (χ1) is 31.5. The lowest BCUT2D eigenvalue weighted by Crippen LogP contribution is -2.50. The van der Waals surface area contributed by atoms with Crippen LogP contribution in [0.5, 0.6) is 0 Å². The van der Waals surface area contributed by atoms with E-state index in [0.717, 1.165) is 45.1 Å². The van der Waals surface area contributed by atoms with Gasteiger partial charge in [-0.25, -0.2) is 9.97 Å². The van der Waals surface area contributed by atoms with E-state index in [2.05, 4.69) is 242 Å². The van der Waals surface area contributed by atoms with Crippen molar-refractivity contribution in [2.24, 2.45) is 0 Å². The molecule has 0 radical (unpaired) electrons. The van der Waals surface area contributed by atoms with Crippen LogP contribution in [0.2, 0.25) is 13.1 Å². The highest BCUT2D eigenvalue weighted by atomic mass is 28.3. The van der Waals surface area contributed by atoms with Crippen LogP contribution in [0.1, 0.15) is 0 Å². The van der Waals surface area contributed by atoms with Gasteiger partial charge >= 0.3 is 0 Å². The smallest absolute Gasteiger partial charge is 0.160 e. The monoisotopic (exact) mass is 833 g/mol. The van der Waals surface area contributed by atoms with Gasteiger partial charge in [0.15, 0.2) is 5.82 Å². The standard InChI is InChI=1S/C60H43N3Si/c1-64(2)55-33-13-12-30-51(55)58-59(64)57(47-27-14-24-43(36-47)40-18-6-3-7-19-40)61-60(62-58)48-28-15-26-46(37-48)50-31-17-32-54-56(50)52-39-45(42-22-10-5-11-23-42)34-35-53(52)63(54)49-29-16-25-44(38-49)41-20-8-4-9-21-41/h3-39H,1-2H3. The highest BCUT2D eigenvalue weighted by Gasteiger charge is 2.41. The maximum Gasteiger partial charge on any atom is 0.160 e. The van der Waals surface area contributed by atoms with Gasteiger partial charge in [-0.3, -0.25) is 0 Å². The van der Waals surface area contributed by atoms with Gasteiger partial charge in [0, 0.05) is 27.6 Å². The molecule has 302 valence electrons. The predicted molar refractivity (Wildman–Crippen MR) is 271 cm³/mol. The molecule has 3 nitrogen and oxygen atoms in total. The molecule has 4 heteroatoms. The Labute approximate surface area is 374 Å². The molecule has 12 rings (SSSR count). The van der Waals surface area contributed by atoms with Crippen molar-refractivity contribution in [1.29, 1.82) is 0 Å². The zero-order chi connectivity index (χ0) is 42.8. The number of rotatable bonds is 7. The quantitative estimate of drug-likeness (QED) is 0.150. The average molecular weight is 834 g/mol. The topological polar surface area (TPSA) is 30.7 Å². The molecule has 0 N–H and O–H groups in total. The van der Waals surface area contributed by atoms with E-state index in [9.17, 15) is 0 Å². The molecule has 0 saturated heterocycles. The largest absolute Gasteiger partial charge is 0.309 e. The summed E-state index contributed by atoms with van der Waals surface area (Å²) in [6.45, 7) is 4.90. The molecular formula is C60H43N3Si. The summed E-state index contributed by atoms with van der Waals surface area (Å²) in [5, 5.41) is 5.15. The number of nitrogens with zero attached hydrogens (tertiary/aromatic N) is 3. The van der Waals surface area contributed by atoms with Crippen LogP contribution in [0.25, 0.3) is 106 Å². The lowest BCUT2D eigenvalue weighted by molar-refractivity contribution is 1.18. The van der Waals surface area contributed by atoms with E-state index in [4.69, 9.17) is 9.97 Å². The maximum atomic E-state index is 5.59. The molecule has 0 bridgehead atoms. The molecule has 0 fully saturated rings. The molecule has 0 aliphatic carbocycles. The Morgan fingerprint density at radius 2 is 0.875 bits per heavy atom. The first-order valence-corrected chi connectivity index (χ1v) is 25.1. The zero-order valence-electron chi connectivity index (χ0n) is 35.7. The van der Waals surface area contributed by atoms with Crippen molar-refractivity contribution >= 4 is 40.3 Å². The van der Waals surface area contributed by atoms with Crippen LogP contribution in [-0.2, 0) is 0 Å². The minimum Gasteiger partial charge on any atom is -0.309 e. The SMILES string of the molecule is C[Si]1(C)c2ccccc2-c2nc(-c3cccc(-c4cccc5c4c4cc(-c6ccccc6)ccc4n5-c4cccc(-c5ccccc5)c4)c3)nc(-c3cccc(-c4ccccc4)c3)c21. The van der Waals surface area contributed by atoms with E-state index < -0.39 is 8.07 Å². The maximum absolute atomic E-state index is 5.59. The zero-order valence-corrected chi connectivity index (χ0v) is 36.7. The fourth-order valence-corrected chi connectivity index (χ4v) is 13.3. The summed E-state index contributed by atoms with van der Waals surface area (Å²) in [7, 11) is -2.15. The molecule has 3 heterocycles. The normalized spacial score (nSPS) is 12.7. The second kappa shape index (κ2) is 15.2. The Kier molecular flexibility index (Phi) is 8.96. The van der Waals surface area contributed by atoms with Crippen LogP contribution in [-0.4, -0.2) is 22.6 Å². The Morgan fingerprint density at radius 3 is 1.59 bits per heavy atom. The summed E-state index contributed by atoms with van der Waals surface area (Å²) in [5.74, 6) is 0.737. The van der Waals surface area contributed by atoms with E-state index in [0.29, 0.717) is 0 Å². The van der Waals surface area contributed by atoms with Gasteiger partial charge in [-0.2, -0.15) is 0 Å². The molecule has 0 saturated carbocycles. The first-order valence-electron chi connectivity index (χ1n) is 22.1. The van der Waals surface area contributed by atoms with Crippen molar-refractivity contribution in [3.8, 4) is 84.1 Å². The summed E-state index contributed by atoms with van der Waals surface area (Å²) >= 11 is 0. The van der Waals surface area contributed by atoms with Crippen molar-refractivity contribution in [2.75, 3.05) is 0 Å². The summed E-state index contributed by atoms with van der Waals surface area (Å²) in [6, 6.07) is 81.2. The van der Waals surface area contributed by atoms with Gasteiger partial charge in [0.25, 0.3) is 0 Å². The van der Waals surface area contributed by atoms with Crippen molar-refractivity contribution in [3.05, 3.63) is 224 Å². The minimum absolute atomic E-state index is 0.737. The number of hydrogen-bond donors (Lipinski definition) is 0. The van der Waals surface area contributed by atoms with Crippen molar-refractivity contribution in [1.82, 2.24) is 14.5 Å². The Hall–Kier alpha value is -7.92. The molecule has 64 heavy (non-hydrogen) atoms. The summed E-state index contributed by atoms with van der Waals surface area (Å²) in [4.78, 5) is 11.1. The predicted octanol–water partition coefficient (Wildman–Crippen LogP) is 14.4. The number of aromatic nitrogens is 3. The highest BCUT2D eigenvalue weighted by Crippen LogP contribution is 2.42. The molecule has 11 aromatic rings. The summed E-state index contributed by atoms with van der Waals surface area (Å²) in [6.07, 6.45) is 0. The minimum atomic E-state index is -2.15. The molecule has 0 spiro atoms. The Morgan fingerprint density at radius 1 is 0.359 bits per heavy atom. The second-order valence-electron chi connectivity index (χ2n) is 17.4. The molecular weight excluding hydrogens is 791 g/mol. The Bertz CT molecular complexity index is 3570. The number of fused-ring (bicyclic) bond motifs is 6. The fraction of sp³-hybridized carbons (Fsp3) is 0.0333. The van der Waals surface area contributed by atoms with Gasteiger partial charge in [0.2, 0.25) is 0 Å². The summed E-state index contributed by atoms with van der Waals surface area (Å²) in [5.41, 5.74) is 18.3. The molecule has 2 aromatic heterocycles. The number of benzene rings is 9. The van der Waals surface area contributed by atoms with Gasteiger partial charge in [-0.15, -0.1) is 0 Å². The van der Waals surface area contributed by atoms with Gasteiger partial charge in [-0.05, 0) is 103 Å². The van der Waals surface area contributed by atoms with Crippen LogP contribution in [0, 0.1) is 0 Å². The Balaban J connectivity index is 1.06. The molecule has 1 aliphatic rings. The van der Waals surface area contributed by atoms with Gasteiger partial charge < -0.3 is 4.57 Å². The van der Waals surface area contributed by atoms with Crippen LogP contribution < -0.4 is 10.4 Å². The molecule has 9 aromatic carbocycles. The third kappa shape index (κ3) is 6.25. The lowest BCUT2D eigenvalue weighted by Gasteiger charge is -2.22. The highest BCUT2D eigenvalue weighted by molar-refractivity contribution is 7.04. The lowest BCUT2D eigenvalue weighted by atomic mass is 9.96. The number of hydrogen-bond acceptors (Lipinski definition) is 2. The van der Waals surface area contributed by atoms with Gasteiger partial charge in [0.05, 0.1) is 22.4 Å². The first kappa shape index (κ1) is 37.8. The van der Waals surface area contributed by atoms with E-state index in [1.807, 2.05) is 0 Å². The van der Waals surface area contributed by atoms with E-state index in [-0.39, 0.29) is 0 Å². The third-order valence-corrected chi connectivity index (χ3v) is 16.7. The van der Waals surface area contributed by atoms with Crippen LogP contribution in [0.3, 0.4) is 0 Å².